The second-order valence-electron chi connectivity index (χ2n) is 5.76. The summed E-state index contributed by atoms with van der Waals surface area (Å²) >= 11 is 1.61. The molecule has 0 amide bonds. The number of nitriles is 1. The SMILES string of the molecule is Cc1csc(N2CCN(c3c(C#N)c(=O)n(C)c(=O)n3C)CC2)n1. The first kappa shape index (κ1) is 16.3. The molecule has 0 spiro atoms. The molecule has 1 aliphatic rings. The molecule has 2 aromatic heterocycles. The predicted molar refractivity (Wildman–Crippen MR) is 92.9 cm³/mol. The van der Waals surface area contributed by atoms with Gasteiger partial charge in [0.1, 0.15) is 11.9 Å². The number of rotatable bonds is 2. The highest BCUT2D eigenvalue weighted by Gasteiger charge is 2.25. The van der Waals surface area contributed by atoms with Crippen LogP contribution < -0.4 is 21.0 Å². The lowest BCUT2D eigenvalue weighted by Gasteiger charge is -2.36. The second-order valence-corrected chi connectivity index (χ2v) is 6.60. The van der Waals surface area contributed by atoms with E-state index < -0.39 is 11.2 Å². The van der Waals surface area contributed by atoms with Gasteiger partial charge in [-0.05, 0) is 6.92 Å². The van der Waals surface area contributed by atoms with Gasteiger partial charge in [-0.25, -0.2) is 9.78 Å². The van der Waals surface area contributed by atoms with Crippen LogP contribution >= 0.6 is 11.3 Å². The summed E-state index contributed by atoms with van der Waals surface area (Å²) in [5.74, 6) is 0.403. The van der Waals surface area contributed by atoms with Crippen LogP contribution in [-0.4, -0.2) is 40.3 Å². The molecule has 3 heterocycles. The second kappa shape index (κ2) is 6.13. The van der Waals surface area contributed by atoms with Crippen molar-refractivity contribution in [1.82, 2.24) is 14.1 Å². The van der Waals surface area contributed by atoms with E-state index in [1.807, 2.05) is 23.3 Å². The van der Waals surface area contributed by atoms with Crippen molar-refractivity contribution in [2.75, 3.05) is 36.0 Å². The van der Waals surface area contributed by atoms with Crippen molar-refractivity contribution in [2.45, 2.75) is 6.92 Å². The first-order valence-corrected chi connectivity index (χ1v) is 8.44. The Bertz CT molecular complexity index is 927. The largest absolute Gasteiger partial charge is 0.353 e. The smallest absolute Gasteiger partial charge is 0.332 e. The van der Waals surface area contributed by atoms with E-state index in [2.05, 4.69) is 9.88 Å². The first-order chi connectivity index (χ1) is 11.4. The zero-order chi connectivity index (χ0) is 17.4. The molecule has 1 saturated heterocycles. The van der Waals surface area contributed by atoms with Gasteiger partial charge in [0, 0.05) is 45.7 Å². The lowest BCUT2D eigenvalue weighted by atomic mass is 10.2. The van der Waals surface area contributed by atoms with E-state index in [0.29, 0.717) is 18.9 Å². The Labute approximate surface area is 142 Å². The van der Waals surface area contributed by atoms with Gasteiger partial charge in [0.15, 0.2) is 10.7 Å². The number of hydrogen-bond donors (Lipinski definition) is 0. The van der Waals surface area contributed by atoms with Crippen LogP contribution in [0.4, 0.5) is 10.9 Å². The zero-order valence-corrected chi connectivity index (χ0v) is 14.6. The fraction of sp³-hybridized carbons (Fsp3) is 0.467. The summed E-state index contributed by atoms with van der Waals surface area (Å²) in [7, 11) is 2.98. The molecule has 0 aromatic carbocycles. The predicted octanol–water partition coefficient (Wildman–Crippen LogP) is 0.0472. The Morgan fingerprint density at radius 2 is 1.75 bits per heavy atom. The van der Waals surface area contributed by atoms with Crippen molar-refractivity contribution in [1.29, 1.82) is 5.26 Å². The van der Waals surface area contributed by atoms with E-state index in [1.165, 1.54) is 11.6 Å². The Hall–Kier alpha value is -2.60. The van der Waals surface area contributed by atoms with Gasteiger partial charge in [0.25, 0.3) is 5.56 Å². The van der Waals surface area contributed by atoms with Gasteiger partial charge in [-0.3, -0.25) is 13.9 Å². The van der Waals surface area contributed by atoms with Crippen molar-refractivity contribution in [3.05, 3.63) is 37.5 Å². The zero-order valence-electron chi connectivity index (χ0n) is 13.8. The highest BCUT2D eigenvalue weighted by Crippen LogP contribution is 2.23. The van der Waals surface area contributed by atoms with E-state index in [9.17, 15) is 14.9 Å². The third kappa shape index (κ3) is 2.59. The number of anilines is 2. The van der Waals surface area contributed by atoms with Gasteiger partial charge in [-0.1, -0.05) is 0 Å². The summed E-state index contributed by atoms with van der Waals surface area (Å²) in [6.07, 6.45) is 0. The number of piperazine rings is 1. The molecule has 24 heavy (non-hydrogen) atoms. The lowest BCUT2D eigenvalue weighted by molar-refractivity contribution is 0.607. The molecule has 0 N–H and O–H groups in total. The van der Waals surface area contributed by atoms with Crippen LogP contribution in [0.15, 0.2) is 15.0 Å². The number of thiazole rings is 1. The molecule has 0 atom stereocenters. The van der Waals surface area contributed by atoms with E-state index >= 15 is 0 Å². The molecular formula is C15H18N6O2S. The van der Waals surface area contributed by atoms with Crippen molar-refractivity contribution in [2.24, 2.45) is 14.1 Å². The number of nitrogens with zero attached hydrogens (tertiary/aromatic N) is 6. The molecule has 0 bridgehead atoms. The minimum atomic E-state index is -0.548. The third-order valence-electron chi connectivity index (χ3n) is 4.20. The van der Waals surface area contributed by atoms with E-state index in [0.717, 1.165) is 28.5 Å². The molecule has 0 radical (unpaired) electrons. The maximum absolute atomic E-state index is 12.2. The summed E-state index contributed by atoms with van der Waals surface area (Å²) in [4.78, 5) is 33.0. The molecule has 126 valence electrons. The summed E-state index contributed by atoms with van der Waals surface area (Å²) in [5.41, 5.74) is 0.0387. The maximum atomic E-state index is 12.2. The van der Waals surface area contributed by atoms with Gasteiger partial charge in [0.2, 0.25) is 0 Å². The van der Waals surface area contributed by atoms with Crippen molar-refractivity contribution < 1.29 is 0 Å². The van der Waals surface area contributed by atoms with Crippen LogP contribution in [0.5, 0.6) is 0 Å². The fourth-order valence-corrected chi connectivity index (χ4v) is 3.75. The average molecular weight is 346 g/mol. The van der Waals surface area contributed by atoms with Gasteiger partial charge in [-0.15, -0.1) is 11.3 Å². The molecule has 8 nitrogen and oxygen atoms in total. The van der Waals surface area contributed by atoms with Gasteiger partial charge >= 0.3 is 5.69 Å². The van der Waals surface area contributed by atoms with Crippen LogP contribution in [0.3, 0.4) is 0 Å². The molecule has 2 aromatic rings. The summed E-state index contributed by atoms with van der Waals surface area (Å²) in [5, 5.41) is 12.4. The topological polar surface area (TPSA) is 87.2 Å². The van der Waals surface area contributed by atoms with Crippen molar-refractivity contribution in [3.63, 3.8) is 0 Å². The molecule has 1 fully saturated rings. The maximum Gasteiger partial charge on any atom is 0.332 e. The van der Waals surface area contributed by atoms with Gasteiger partial charge in [-0.2, -0.15) is 5.26 Å². The Kier molecular flexibility index (Phi) is 4.15. The minimum absolute atomic E-state index is 0.0122. The standard InChI is InChI=1S/C15H18N6O2S/c1-10-9-24-14(17-10)21-6-4-20(5-7-21)12-11(8-16)13(22)19(3)15(23)18(12)2/h9H,4-7H2,1-3H3. The van der Waals surface area contributed by atoms with Crippen LogP contribution in [0.25, 0.3) is 0 Å². The number of hydrogen-bond acceptors (Lipinski definition) is 7. The summed E-state index contributed by atoms with van der Waals surface area (Å²) < 4.78 is 2.35. The molecule has 3 rings (SSSR count). The highest BCUT2D eigenvalue weighted by molar-refractivity contribution is 7.13. The molecule has 1 aliphatic heterocycles. The third-order valence-corrected chi connectivity index (χ3v) is 5.22. The summed E-state index contributed by atoms with van der Waals surface area (Å²) in [6.45, 7) is 4.65. The van der Waals surface area contributed by atoms with Crippen LogP contribution in [-0.2, 0) is 14.1 Å². The van der Waals surface area contributed by atoms with E-state index in [4.69, 9.17) is 0 Å². The van der Waals surface area contributed by atoms with Crippen LogP contribution in [0, 0.1) is 18.3 Å². The van der Waals surface area contributed by atoms with Crippen molar-refractivity contribution in [3.8, 4) is 6.07 Å². The Balaban J connectivity index is 1.91. The number of aromatic nitrogens is 3. The quantitative estimate of drug-likeness (QED) is 0.763. The molecular weight excluding hydrogens is 328 g/mol. The Morgan fingerprint density at radius 1 is 1.12 bits per heavy atom. The normalized spacial score (nSPS) is 14.8. The fourth-order valence-electron chi connectivity index (χ4n) is 2.90. The molecule has 0 aliphatic carbocycles. The average Bonchev–Trinajstić information content (AvgIpc) is 3.02. The molecule has 0 saturated carbocycles. The van der Waals surface area contributed by atoms with Crippen LogP contribution in [0.2, 0.25) is 0 Å². The van der Waals surface area contributed by atoms with E-state index in [1.54, 1.807) is 18.4 Å². The Morgan fingerprint density at radius 3 is 2.29 bits per heavy atom. The lowest BCUT2D eigenvalue weighted by Crippen LogP contribution is -2.50. The highest BCUT2D eigenvalue weighted by atomic mass is 32.1. The molecule has 0 unspecified atom stereocenters. The number of aryl methyl sites for hydroxylation is 1. The van der Waals surface area contributed by atoms with Gasteiger partial charge < -0.3 is 9.80 Å². The minimum Gasteiger partial charge on any atom is -0.353 e. The summed E-state index contributed by atoms with van der Waals surface area (Å²) in [6, 6.07) is 1.96. The van der Waals surface area contributed by atoms with E-state index in [-0.39, 0.29) is 5.56 Å². The first-order valence-electron chi connectivity index (χ1n) is 7.56. The van der Waals surface area contributed by atoms with Crippen molar-refractivity contribution >= 4 is 22.3 Å². The molecule has 9 heteroatoms. The monoisotopic (exact) mass is 346 g/mol. The van der Waals surface area contributed by atoms with Gasteiger partial charge in [0.05, 0.1) is 5.69 Å². The van der Waals surface area contributed by atoms with Crippen LogP contribution in [0.1, 0.15) is 11.3 Å².